The lowest BCUT2D eigenvalue weighted by molar-refractivity contribution is 0.504. The topological polar surface area (TPSA) is 25.8 Å². The summed E-state index contributed by atoms with van der Waals surface area (Å²) in [5.41, 5.74) is 7.52. The van der Waals surface area contributed by atoms with Gasteiger partial charge in [-0.05, 0) is 59.2 Å². The molecule has 174 valence electrons. The molecule has 0 fully saturated rings. The van der Waals surface area contributed by atoms with E-state index in [1.54, 1.807) is 11.3 Å². The van der Waals surface area contributed by atoms with Gasteiger partial charge >= 0.3 is 0 Å². The van der Waals surface area contributed by atoms with Crippen LogP contribution in [-0.4, -0.2) is 9.97 Å². The van der Waals surface area contributed by atoms with Crippen molar-refractivity contribution in [1.82, 2.24) is 9.97 Å². The summed E-state index contributed by atoms with van der Waals surface area (Å²) in [6.07, 6.45) is 2.21. The molecule has 5 aromatic rings. The molecule has 5 rings (SSSR count). The first-order chi connectivity index (χ1) is 16.2. The van der Waals surface area contributed by atoms with Gasteiger partial charge in [0.25, 0.3) is 0 Å². The van der Waals surface area contributed by atoms with E-state index >= 15 is 0 Å². The van der Waals surface area contributed by atoms with Crippen molar-refractivity contribution in [2.45, 2.75) is 65.2 Å². The van der Waals surface area contributed by atoms with Crippen LogP contribution >= 0.6 is 22.7 Å². The Bertz CT molecular complexity index is 1470. The maximum absolute atomic E-state index is 4.93. The SMILES string of the molecule is CCC(C)(C)c1ccc(-c2nc3ccc(-c4ccc5nc(C(C)(C)CC)sc5c4)cc3s2)cc1. The molecule has 0 spiro atoms. The predicted octanol–water partition coefficient (Wildman–Crippen LogP) is 9.62. The first kappa shape index (κ1) is 23.2. The average molecular weight is 485 g/mol. The van der Waals surface area contributed by atoms with Crippen molar-refractivity contribution in [3.63, 3.8) is 0 Å². The zero-order valence-corrected chi connectivity index (χ0v) is 22.5. The number of nitrogens with zero attached hydrogens (tertiary/aromatic N) is 2. The molecule has 0 radical (unpaired) electrons. The fourth-order valence-corrected chi connectivity index (χ4v) is 6.23. The number of benzene rings is 3. The number of fused-ring (bicyclic) bond motifs is 2. The van der Waals surface area contributed by atoms with E-state index in [2.05, 4.69) is 102 Å². The molecular formula is C30H32N2S2. The molecule has 2 nitrogen and oxygen atoms in total. The van der Waals surface area contributed by atoms with Gasteiger partial charge in [0.05, 0.1) is 25.4 Å². The van der Waals surface area contributed by atoms with Crippen molar-refractivity contribution in [3.8, 4) is 21.7 Å². The summed E-state index contributed by atoms with van der Waals surface area (Å²) < 4.78 is 2.48. The van der Waals surface area contributed by atoms with Gasteiger partial charge in [0.15, 0.2) is 0 Å². The summed E-state index contributed by atoms with van der Waals surface area (Å²) in [6.45, 7) is 13.6. The van der Waals surface area contributed by atoms with E-state index < -0.39 is 0 Å². The van der Waals surface area contributed by atoms with Gasteiger partial charge in [-0.15, -0.1) is 22.7 Å². The van der Waals surface area contributed by atoms with Crippen LogP contribution in [0.25, 0.3) is 42.1 Å². The smallest absolute Gasteiger partial charge is 0.124 e. The molecule has 2 heterocycles. The number of hydrogen-bond donors (Lipinski definition) is 0. The summed E-state index contributed by atoms with van der Waals surface area (Å²) in [6, 6.07) is 22.2. The highest BCUT2D eigenvalue weighted by molar-refractivity contribution is 7.21. The fourth-order valence-electron chi connectivity index (χ4n) is 4.04. The highest BCUT2D eigenvalue weighted by atomic mass is 32.1. The molecule has 0 unspecified atom stereocenters. The maximum Gasteiger partial charge on any atom is 0.124 e. The van der Waals surface area contributed by atoms with Crippen LogP contribution in [0, 0.1) is 0 Å². The van der Waals surface area contributed by atoms with E-state index in [1.807, 2.05) is 11.3 Å². The minimum absolute atomic E-state index is 0.117. The summed E-state index contributed by atoms with van der Waals surface area (Å²) in [7, 11) is 0. The van der Waals surface area contributed by atoms with E-state index in [-0.39, 0.29) is 10.8 Å². The van der Waals surface area contributed by atoms with E-state index in [0.29, 0.717) is 0 Å². The second-order valence-electron chi connectivity index (χ2n) is 10.5. The Balaban J connectivity index is 1.47. The summed E-state index contributed by atoms with van der Waals surface area (Å²) >= 11 is 3.60. The van der Waals surface area contributed by atoms with Crippen molar-refractivity contribution >= 4 is 43.1 Å². The maximum atomic E-state index is 4.93. The van der Waals surface area contributed by atoms with Crippen molar-refractivity contribution in [2.24, 2.45) is 0 Å². The van der Waals surface area contributed by atoms with Gasteiger partial charge in [0, 0.05) is 11.0 Å². The van der Waals surface area contributed by atoms with Gasteiger partial charge in [0.2, 0.25) is 0 Å². The standard InChI is InChI=1S/C30H32N2S2/c1-7-29(3,4)22-13-9-19(10-14-22)27-31-23-15-11-20(17-25(23)33-27)21-12-16-24-26(18-21)34-28(32-24)30(5,6)8-2/h9-18H,7-8H2,1-6H3. The zero-order valence-electron chi connectivity index (χ0n) is 20.9. The van der Waals surface area contributed by atoms with E-state index in [4.69, 9.17) is 9.97 Å². The minimum atomic E-state index is 0.117. The van der Waals surface area contributed by atoms with Gasteiger partial charge < -0.3 is 0 Å². The molecule has 0 bridgehead atoms. The quantitative estimate of drug-likeness (QED) is 0.240. The molecule has 0 atom stereocenters. The van der Waals surface area contributed by atoms with Crippen LogP contribution in [0.1, 0.15) is 65.0 Å². The number of thiazole rings is 2. The second-order valence-corrected chi connectivity index (χ2v) is 12.5. The Morgan fingerprint density at radius 2 is 1.15 bits per heavy atom. The van der Waals surface area contributed by atoms with Gasteiger partial charge in [-0.1, -0.05) is 77.9 Å². The van der Waals surface area contributed by atoms with Crippen molar-refractivity contribution in [1.29, 1.82) is 0 Å². The van der Waals surface area contributed by atoms with E-state index in [0.717, 1.165) is 28.9 Å². The Labute approximate surface area is 210 Å². The highest BCUT2D eigenvalue weighted by Crippen LogP contribution is 2.38. The molecule has 34 heavy (non-hydrogen) atoms. The molecule has 0 N–H and O–H groups in total. The summed E-state index contributed by atoms with van der Waals surface area (Å²) in [4.78, 5) is 9.84. The summed E-state index contributed by atoms with van der Waals surface area (Å²) in [5.74, 6) is 0. The molecule has 0 amide bonds. The average Bonchev–Trinajstić information content (AvgIpc) is 3.48. The Morgan fingerprint density at radius 3 is 1.74 bits per heavy atom. The van der Waals surface area contributed by atoms with E-state index in [9.17, 15) is 0 Å². The van der Waals surface area contributed by atoms with Gasteiger partial charge in [0.1, 0.15) is 5.01 Å². The van der Waals surface area contributed by atoms with Crippen LogP contribution in [0.2, 0.25) is 0 Å². The third-order valence-corrected chi connectivity index (χ3v) is 9.82. The molecule has 3 aromatic carbocycles. The molecule has 0 saturated heterocycles. The Morgan fingerprint density at radius 1 is 0.618 bits per heavy atom. The number of aromatic nitrogens is 2. The van der Waals surface area contributed by atoms with Crippen molar-refractivity contribution in [2.75, 3.05) is 0 Å². The van der Waals surface area contributed by atoms with Crippen LogP contribution in [-0.2, 0) is 10.8 Å². The number of hydrogen-bond acceptors (Lipinski definition) is 4. The lowest BCUT2D eigenvalue weighted by Gasteiger charge is -2.23. The molecule has 0 aliphatic carbocycles. The van der Waals surface area contributed by atoms with Gasteiger partial charge in [-0.3, -0.25) is 0 Å². The van der Waals surface area contributed by atoms with Crippen LogP contribution in [0.5, 0.6) is 0 Å². The third-order valence-electron chi connectivity index (χ3n) is 7.37. The number of rotatable bonds is 6. The predicted molar refractivity (Wildman–Crippen MR) is 150 cm³/mol. The van der Waals surface area contributed by atoms with Crippen molar-refractivity contribution in [3.05, 3.63) is 71.2 Å². The highest BCUT2D eigenvalue weighted by Gasteiger charge is 2.23. The second kappa shape index (κ2) is 8.58. The van der Waals surface area contributed by atoms with Crippen LogP contribution < -0.4 is 0 Å². The lowest BCUT2D eigenvalue weighted by Crippen LogP contribution is -2.14. The molecular weight excluding hydrogens is 452 g/mol. The molecule has 2 aromatic heterocycles. The molecule has 0 aliphatic heterocycles. The third kappa shape index (κ3) is 4.18. The Hall–Kier alpha value is -2.56. The fraction of sp³-hybridized carbons (Fsp3) is 0.333. The monoisotopic (exact) mass is 484 g/mol. The molecule has 0 saturated carbocycles. The van der Waals surface area contributed by atoms with Crippen LogP contribution in [0.4, 0.5) is 0 Å². The molecule has 4 heteroatoms. The van der Waals surface area contributed by atoms with Crippen LogP contribution in [0.15, 0.2) is 60.7 Å². The van der Waals surface area contributed by atoms with Crippen molar-refractivity contribution < 1.29 is 0 Å². The van der Waals surface area contributed by atoms with Crippen LogP contribution in [0.3, 0.4) is 0 Å². The normalized spacial score (nSPS) is 12.6. The lowest BCUT2D eigenvalue weighted by atomic mass is 9.82. The first-order valence-corrected chi connectivity index (χ1v) is 13.8. The Kier molecular flexibility index (Phi) is 5.86. The van der Waals surface area contributed by atoms with Gasteiger partial charge in [-0.25, -0.2) is 9.97 Å². The first-order valence-electron chi connectivity index (χ1n) is 12.1. The largest absolute Gasteiger partial charge is 0.241 e. The minimum Gasteiger partial charge on any atom is -0.241 e. The zero-order chi connectivity index (χ0) is 24.1. The summed E-state index contributed by atoms with van der Waals surface area (Å²) in [5, 5.41) is 2.30. The van der Waals surface area contributed by atoms with Gasteiger partial charge in [-0.2, -0.15) is 0 Å². The van der Waals surface area contributed by atoms with E-state index in [1.165, 1.54) is 36.7 Å². The molecule has 0 aliphatic rings.